The Balaban J connectivity index is 1.87. The summed E-state index contributed by atoms with van der Waals surface area (Å²) in [4.78, 5) is 15.0. The van der Waals surface area contributed by atoms with Crippen LogP contribution in [0.2, 0.25) is 0 Å². The molecule has 0 radical (unpaired) electrons. The second-order valence-corrected chi connectivity index (χ2v) is 6.33. The van der Waals surface area contributed by atoms with Crippen molar-refractivity contribution in [2.45, 2.75) is 13.0 Å². The number of nitrogens with zero attached hydrogens (tertiary/aromatic N) is 1. The second kappa shape index (κ2) is 6.30. The van der Waals surface area contributed by atoms with Crippen LogP contribution in [0.3, 0.4) is 0 Å². The average molecular weight is 347 g/mol. The Morgan fingerprint density at radius 1 is 1.00 bits per heavy atom. The number of hydrogen-bond donors (Lipinski definition) is 0. The van der Waals surface area contributed by atoms with Crippen molar-refractivity contribution >= 4 is 11.6 Å². The Kier molecular flexibility index (Phi) is 3.96. The van der Waals surface area contributed by atoms with Crippen molar-refractivity contribution in [3.63, 3.8) is 0 Å². The van der Waals surface area contributed by atoms with E-state index < -0.39 is 0 Å². The molecule has 0 aromatic heterocycles. The van der Waals surface area contributed by atoms with Gasteiger partial charge in [-0.1, -0.05) is 30.3 Å². The van der Waals surface area contributed by atoms with Gasteiger partial charge >= 0.3 is 0 Å². The van der Waals surface area contributed by atoms with E-state index in [9.17, 15) is 9.18 Å². The van der Waals surface area contributed by atoms with Crippen molar-refractivity contribution in [2.75, 3.05) is 12.0 Å². The van der Waals surface area contributed by atoms with Gasteiger partial charge in [-0.25, -0.2) is 4.39 Å². The van der Waals surface area contributed by atoms with Gasteiger partial charge in [-0.3, -0.25) is 4.79 Å². The van der Waals surface area contributed by atoms with Crippen LogP contribution in [-0.4, -0.2) is 13.0 Å². The highest BCUT2D eigenvalue weighted by Crippen LogP contribution is 2.45. The lowest BCUT2D eigenvalue weighted by Gasteiger charge is -2.37. The van der Waals surface area contributed by atoms with Crippen LogP contribution >= 0.6 is 0 Å². The molecule has 1 heterocycles. The molecule has 3 aromatic rings. The van der Waals surface area contributed by atoms with Crippen LogP contribution in [0.15, 0.2) is 66.7 Å². The molecule has 0 saturated carbocycles. The predicted molar refractivity (Wildman–Crippen MR) is 100 cm³/mol. The molecular weight excluding hydrogens is 329 g/mol. The second-order valence-electron chi connectivity index (χ2n) is 6.33. The molecule has 26 heavy (non-hydrogen) atoms. The standard InChI is InChI=1S/C22H18FNO2/c1-14-20-13-16(23)10-11-18(20)19-8-3-4-9-21(19)24(14)22(25)15-6-5-7-17(12-15)26-2/h3-14H,1-2H3. The van der Waals surface area contributed by atoms with E-state index in [0.29, 0.717) is 11.3 Å². The predicted octanol–water partition coefficient (Wildman–Crippen LogP) is 5.22. The smallest absolute Gasteiger partial charge is 0.258 e. The highest BCUT2D eigenvalue weighted by molar-refractivity contribution is 6.10. The number of rotatable bonds is 2. The quantitative estimate of drug-likeness (QED) is 0.636. The lowest BCUT2D eigenvalue weighted by atomic mass is 9.88. The Bertz CT molecular complexity index is 999. The lowest BCUT2D eigenvalue weighted by molar-refractivity contribution is 0.0977. The Morgan fingerprint density at radius 2 is 1.81 bits per heavy atom. The molecule has 0 fully saturated rings. The molecule has 3 aromatic carbocycles. The molecule has 4 heteroatoms. The van der Waals surface area contributed by atoms with Gasteiger partial charge in [-0.15, -0.1) is 0 Å². The SMILES string of the molecule is COc1cccc(C(=O)N2c3ccccc3-c3ccc(F)cc3C2C)c1. The molecule has 3 nitrogen and oxygen atoms in total. The minimum Gasteiger partial charge on any atom is -0.497 e. The largest absolute Gasteiger partial charge is 0.497 e. The number of para-hydroxylation sites is 1. The number of carbonyl (C=O) groups is 1. The zero-order valence-corrected chi connectivity index (χ0v) is 14.6. The fourth-order valence-electron chi connectivity index (χ4n) is 3.56. The Morgan fingerprint density at radius 3 is 2.62 bits per heavy atom. The van der Waals surface area contributed by atoms with Gasteiger partial charge in [0, 0.05) is 11.1 Å². The molecule has 130 valence electrons. The first-order valence-electron chi connectivity index (χ1n) is 8.46. The van der Waals surface area contributed by atoms with E-state index in [4.69, 9.17) is 4.74 Å². The molecule has 0 bridgehead atoms. The van der Waals surface area contributed by atoms with Gasteiger partial charge in [0.15, 0.2) is 0 Å². The van der Waals surface area contributed by atoms with E-state index in [1.807, 2.05) is 31.2 Å². The molecule has 1 atom stereocenters. The zero-order valence-electron chi connectivity index (χ0n) is 14.6. The number of benzene rings is 3. The first-order chi connectivity index (χ1) is 12.6. The summed E-state index contributed by atoms with van der Waals surface area (Å²) < 4.78 is 19.1. The third-order valence-electron chi connectivity index (χ3n) is 4.84. The number of hydrogen-bond acceptors (Lipinski definition) is 2. The molecule has 0 saturated heterocycles. The normalized spacial score (nSPS) is 15.2. The summed E-state index contributed by atoms with van der Waals surface area (Å²) in [5, 5.41) is 0. The van der Waals surface area contributed by atoms with Gasteiger partial charge < -0.3 is 9.64 Å². The zero-order chi connectivity index (χ0) is 18.3. The summed E-state index contributed by atoms with van der Waals surface area (Å²) in [7, 11) is 1.57. The summed E-state index contributed by atoms with van der Waals surface area (Å²) in [6.45, 7) is 1.92. The maximum Gasteiger partial charge on any atom is 0.258 e. The average Bonchev–Trinajstić information content (AvgIpc) is 2.68. The number of ether oxygens (including phenoxy) is 1. The highest BCUT2D eigenvalue weighted by Gasteiger charge is 2.33. The summed E-state index contributed by atoms with van der Waals surface area (Å²) >= 11 is 0. The van der Waals surface area contributed by atoms with Crippen molar-refractivity contribution in [1.29, 1.82) is 0 Å². The fraction of sp³-hybridized carbons (Fsp3) is 0.136. The van der Waals surface area contributed by atoms with E-state index in [-0.39, 0.29) is 17.8 Å². The summed E-state index contributed by atoms with van der Waals surface area (Å²) in [5.41, 5.74) is 4.05. The summed E-state index contributed by atoms with van der Waals surface area (Å²) in [6.07, 6.45) is 0. The molecule has 1 unspecified atom stereocenters. The minimum absolute atomic E-state index is 0.140. The van der Waals surface area contributed by atoms with Crippen LogP contribution in [0, 0.1) is 5.82 Å². The molecular formula is C22H18FNO2. The van der Waals surface area contributed by atoms with E-state index in [1.165, 1.54) is 12.1 Å². The number of fused-ring (bicyclic) bond motifs is 3. The van der Waals surface area contributed by atoms with E-state index in [1.54, 1.807) is 42.3 Å². The number of amides is 1. The topological polar surface area (TPSA) is 29.5 Å². The maximum atomic E-state index is 13.9. The van der Waals surface area contributed by atoms with Gasteiger partial charge in [-0.05, 0) is 54.4 Å². The van der Waals surface area contributed by atoms with Crippen LogP contribution in [0.25, 0.3) is 11.1 Å². The van der Waals surface area contributed by atoms with Gasteiger partial charge in [0.25, 0.3) is 5.91 Å². The first-order valence-corrected chi connectivity index (χ1v) is 8.46. The van der Waals surface area contributed by atoms with E-state index in [0.717, 1.165) is 22.4 Å². The third-order valence-corrected chi connectivity index (χ3v) is 4.84. The molecule has 0 aliphatic carbocycles. The molecule has 0 spiro atoms. The highest BCUT2D eigenvalue weighted by atomic mass is 19.1. The number of carbonyl (C=O) groups excluding carboxylic acids is 1. The lowest BCUT2D eigenvalue weighted by Crippen LogP contribution is -2.36. The number of methoxy groups -OCH3 is 1. The van der Waals surface area contributed by atoms with E-state index >= 15 is 0 Å². The van der Waals surface area contributed by atoms with Crippen LogP contribution < -0.4 is 9.64 Å². The summed E-state index contributed by atoms with van der Waals surface area (Å²) in [6, 6.07) is 19.3. The molecule has 4 rings (SSSR count). The molecule has 1 amide bonds. The Labute approximate surface area is 151 Å². The first kappa shape index (κ1) is 16.3. The van der Waals surface area contributed by atoms with Crippen LogP contribution in [0.4, 0.5) is 10.1 Å². The van der Waals surface area contributed by atoms with Crippen molar-refractivity contribution in [3.8, 4) is 16.9 Å². The van der Waals surface area contributed by atoms with Gasteiger partial charge in [0.2, 0.25) is 0 Å². The molecule has 0 N–H and O–H groups in total. The van der Waals surface area contributed by atoms with Crippen molar-refractivity contribution in [1.82, 2.24) is 0 Å². The van der Waals surface area contributed by atoms with Crippen LogP contribution in [0.5, 0.6) is 5.75 Å². The fourth-order valence-corrected chi connectivity index (χ4v) is 3.56. The van der Waals surface area contributed by atoms with Crippen LogP contribution in [0.1, 0.15) is 28.9 Å². The number of halogens is 1. The third kappa shape index (κ3) is 2.54. The van der Waals surface area contributed by atoms with Gasteiger partial charge in [0.1, 0.15) is 11.6 Å². The summed E-state index contributed by atoms with van der Waals surface area (Å²) in [5.74, 6) is 0.183. The van der Waals surface area contributed by atoms with Crippen molar-refractivity contribution in [2.24, 2.45) is 0 Å². The monoisotopic (exact) mass is 347 g/mol. The molecule has 1 aliphatic rings. The van der Waals surface area contributed by atoms with Crippen molar-refractivity contribution in [3.05, 3.63) is 83.7 Å². The number of anilines is 1. The van der Waals surface area contributed by atoms with Crippen molar-refractivity contribution < 1.29 is 13.9 Å². The maximum absolute atomic E-state index is 13.9. The van der Waals surface area contributed by atoms with Crippen LogP contribution in [-0.2, 0) is 0 Å². The minimum atomic E-state index is -0.302. The molecule has 1 aliphatic heterocycles. The van der Waals surface area contributed by atoms with Gasteiger partial charge in [-0.2, -0.15) is 0 Å². The van der Waals surface area contributed by atoms with Gasteiger partial charge in [0.05, 0.1) is 18.8 Å². The van der Waals surface area contributed by atoms with E-state index in [2.05, 4.69) is 0 Å². The Hall–Kier alpha value is -3.14.